The van der Waals surface area contributed by atoms with Crippen LogP contribution in [0, 0.1) is 13.8 Å². The van der Waals surface area contributed by atoms with E-state index in [4.69, 9.17) is 0 Å². The van der Waals surface area contributed by atoms with E-state index in [0.717, 1.165) is 11.3 Å². The molecule has 0 aliphatic carbocycles. The third kappa shape index (κ3) is 3.60. The molecule has 0 bridgehead atoms. The molecule has 4 heteroatoms. The van der Waals surface area contributed by atoms with Crippen LogP contribution in [0.15, 0.2) is 36.4 Å². The predicted molar refractivity (Wildman–Crippen MR) is 85.5 cm³/mol. The summed E-state index contributed by atoms with van der Waals surface area (Å²) in [5.74, 6) is 0.711. The second-order valence-electron chi connectivity index (χ2n) is 5.22. The summed E-state index contributed by atoms with van der Waals surface area (Å²) < 4.78 is 0. The molecule has 1 heterocycles. The zero-order valence-electron chi connectivity index (χ0n) is 13.0. The number of benzene rings is 1. The third-order valence-electron chi connectivity index (χ3n) is 3.47. The number of hydrogen-bond donors (Lipinski definition) is 1. The van der Waals surface area contributed by atoms with Gasteiger partial charge in [0, 0.05) is 31.9 Å². The quantitative estimate of drug-likeness (QED) is 0.938. The van der Waals surface area contributed by atoms with Gasteiger partial charge < -0.3 is 10.2 Å². The van der Waals surface area contributed by atoms with E-state index < -0.39 is 0 Å². The largest absolute Gasteiger partial charge is 0.373 e. The van der Waals surface area contributed by atoms with Crippen molar-refractivity contribution in [3.63, 3.8) is 0 Å². The van der Waals surface area contributed by atoms with Crippen LogP contribution in [0.4, 0.5) is 5.82 Å². The summed E-state index contributed by atoms with van der Waals surface area (Å²) in [6.45, 7) is 4.55. The Balaban J connectivity index is 2.20. The van der Waals surface area contributed by atoms with Crippen LogP contribution in [-0.4, -0.2) is 29.9 Å². The van der Waals surface area contributed by atoms with Crippen LogP contribution in [0.3, 0.4) is 0 Å². The summed E-state index contributed by atoms with van der Waals surface area (Å²) in [6, 6.07) is 11.7. The van der Waals surface area contributed by atoms with Crippen molar-refractivity contribution in [2.24, 2.45) is 0 Å². The zero-order chi connectivity index (χ0) is 15.4. The number of carbonyl (C=O) groups is 1. The van der Waals surface area contributed by atoms with E-state index in [1.165, 1.54) is 5.56 Å². The Kier molecular flexibility index (Phi) is 4.58. The number of amides is 1. The Hall–Kier alpha value is -2.36. The molecule has 0 atom stereocenters. The number of carbonyl (C=O) groups excluding carboxylic acids is 1. The summed E-state index contributed by atoms with van der Waals surface area (Å²) in [7, 11) is 3.62. The highest BCUT2D eigenvalue weighted by molar-refractivity contribution is 5.94. The smallest absolute Gasteiger partial charge is 0.254 e. The van der Waals surface area contributed by atoms with Crippen LogP contribution in [0.25, 0.3) is 0 Å². The molecule has 2 rings (SSSR count). The van der Waals surface area contributed by atoms with Gasteiger partial charge in [-0.1, -0.05) is 24.3 Å². The van der Waals surface area contributed by atoms with Gasteiger partial charge in [0.2, 0.25) is 0 Å². The Morgan fingerprint density at radius 1 is 1.24 bits per heavy atom. The van der Waals surface area contributed by atoms with Crippen molar-refractivity contribution in [3.05, 3.63) is 58.8 Å². The van der Waals surface area contributed by atoms with Crippen LogP contribution >= 0.6 is 0 Å². The Bertz CT molecular complexity index is 652. The Morgan fingerprint density at radius 2 is 1.95 bits per heavy atom. The number of nitrogens with one attached hydrogen (secondary N) is 1. The van der Waals surface area contributed by atoms with E-state index in [9.17, 15) is 4.79 Å². The highest BCUT2D eigenvalue weighted by Crippen LogP contribution is 2.15. The lowest BCUT2D eigenvalue weighted by molar-refractivity contribution is 0.0784. The number of pyridine rings is 1. The first-order valence-electron chi connectivity index (χ1n) is 6.97. The molecule has 1 aromatic carbocycles. The van der Waals surface area contributed by atoms with Crippen LogP contribution in [0.2, 0.25) is 0 Å². The Morgan fingerprint density at radius 3 is 2.62 bits per heavy atom. The summed E-state index contributed by atoms with van der Waals surface area (Å²) in [4.78, 5) is 18.6. The number of rotatable bonds is 4. The van der Waals surface area contributed by atoms with Crippen molar-refractivity contribution >= 4 is 11.7 Å². The average Bonchev–Trinajstić information content (AvgIpc) is 2.48. The topological polar surface area (TPSA) is 45.2 Å². The van der Waals surface area contributed by atoms with Crippen LogP contribution < -0.4 is 5.32 Å². The summed E-state index contributed by atoms with van der Waals surface area (Å²) in [6.07, 6.45) is 0. The highest BCUT2D eigenvalue weighted by atomic mass is 16.2. The van der Waals surface area contributed by atoms with Gasteiger partial charge >= 0.3 is 0 Å². The molecule has 4 nitrogen and oxygen atoms in total. The number of anilines is 1. The molecule has 0 aliphatic heterocycles. The molecule has 110 valence electrons. The molecule has 0 unspecified atom stereocenters. The summed E-state index contributed by atoms with van der Waals surface area (Å²) >= 11 is 0. The van der Waals surface area contributed by atoms with Gasteiger partial charge in [0.25, 0.3) is 5.91 Å². The molecule has 21 heavy (non-hydrogen) atoms. The van der Waals surface area contributed by atoms with E-state index in [1.54, 1.807) is 18.0 Å². The van der Waals surface area contributed by atoms with Gasteiger partial charge in [-0.2, -0.15) is 0 Å². The maximum Gasteiger partial charge on any atom is 0.254 e. The zero-order valence-corrected chi connectivity index (χ0v) is 13.0. The maximum atomic E-state index is 12.6. The molecular weight excluding hydrogens is 262 g/mol. The molecule has 0 radical (unpaired) electrons. The van der Waals surface area contributed by atoms with Gasteiger partial charge in [-0.25, -0.2) is 4.98 Å². The molecule has 0 saturated carbocycles. The van der Waals surface area contributed by atoms with Crippen molar-refractivity contribution in [3.8, 4) is 0 Å². The number of aromatic nitrogens is 1. The minimum absolute atomic E-state index is 0.000234. The first-order valence-corrected chi connectivity index (χ1v) is 6.97. The monoisotopic (exact) mass is 283 g/mol. The standard InChI is InChI=1S/C17H21N3O/c1-12-7-5-6-8-14(12)11-20(4)17(21)15-9-13(2)19-16(10-15)18-3/h5-10H,11H2,1-4H3,(H,18,19). The van der Waals surface area contributed by atoms with E-state index in [2.05, 4.69) is 29.4 Å². The molecule has 0 fully saturated rings. The van der Waals surface area contributed by atoms with E-state index in [0.29, 0.717) is 17.9 Å². The van der Waals surface area contributed by atoms with Gasteiger partial charge in [-0.15, -0.1) is 0 Å². The van der Waals surface area contributed by atoms with Gasteiger partial charge in [0.15, 0.2) is 0 Å². The van der Waals surface area contributed by atoms with Gasteiger partial charge in [0.05, 0.1) is 0 Å². The van der Waals surface area contributed by atoms with Gasteiger partial charge in [-0.3, -0.25) is 4.79 Å². The van der Waals surface area contributed by atoms with Crippen LogP contribution in [-0.2, 0) is 6.54 Å². The van der Waals surface area contributed by atoms with Gasteiger partial charge in [0.1, 0.15) is 5.82 Å². The molecule has 1 aromatic heterocycles. The highest BCUT2D eigenvalue weighted by Gasteiger charge is 2.14. The summed E-state index contributed by atoms with van der Waals surface area (Å²) in [5.41, 5.74) is 3.84. The predicted octanol–water partition coefficient (Wildman–Crippen LogP) is 3.01. The SMILES string of the molecule is CNc1cc(C(=O)N(C)Cc2ccccc2C)cc(C)n1. The first kappa shape index (κ1) is 15.0. The molecule has 1 amide bonds. The van der Waals surface area contributed by atoms with Crippen molar-refractivity contribution in [1.82, 2.24) is 9.88 Å². The molecule has 2 aromatic rings. The Labute approximate surface area is 125 Å². The minimum atomic E-state index is 0.000234. The summed E-state index contributed by atoms with van der Waals surface area (Å²) in [5, 5.41) is 2.98. The molecule has 1 N–H and O–H groups in total. The normalized spacial score (nSPS) is 10.3. The lowest BCUT2D eigenvalue weighted by atomic mass is 10.1. The fraction of sp³-hybridized carbons (Fsp3) is 0.294. The second kappa shape index (κ2) is 6.39. The molecular formula is C17H21N3O. The lowest BCUT2D eigenvalue weighted by Gasteiger charge is -2.19. The molecule has 0 saturated heterocycles. The number of aryl methyl sites for hydroxylation is 2. The van der Waals surface area contributed by atoms with Crippen molar-refractivity contribution < 1.29 is 4.79 Å². The van der Waals surface area contributed by atoms with E-state index in [-0.39, 0.29) is 5.91 Å². The third-order valence-corrected chi connectivity index (χ3v) is 3.47. The van der Waals surface area contributed by atoms with Gasteiger partial charge in [-0.05, 0) is 37.1 Å². The number of hydrogen-bond acceptors (Lipinski definition) is 3. The second-order valence-corrected chi connectivity index (χ2v) is 5.22. The fourth-order valence-corrected chi connectivity index (χ4v) is 2.26. The van der Waals surface area contributed by atoms with Crippen LogP contribution in [0.5, 0.6) is 0 Å². The van der Waals surface area contributed by atoms with E-state index in [1.807, 2.05) is 32.2 Å². The maximum absolute atomic E-state index is 12.6. The first-order chi connectivity index (χ1) is 10.0. The average molecular weight is 283 g/mol. The van der Waals surface area contributed by atoms with Crippen LogP contribution in [0.1, 0.15) is 27.2 Å². The fourth-order valence-electron chi connectivity index (χ4n) is 2.26. The number of nitrogens with zero attached hydrogens (tertiary/aromatic N) is 2. The minimum Gasteiger partial charge on any atom is -0.373 e. The molecule has 0 spiro atoms. The lowest BCUT2D eigenvalue weighted by Crippen LogP contribution is -2.26. The van der Waals surface area contributed by atoms with Crippen molar-refractivity contribution in [2.45, 2.75) is 20.4 Å². The van der Waals surface area contributed by atoms with Crippen molar-refractivity contribution in [1.29, 1.82) is 0 Å². The van der Waals surface area contributed by atoms with Crippen molar-refractivity contribution in [2.75, 3.05) is 19.4 Å². The van der Waals surface area contributed by atoms with E-state index >= 15 is 0 Å². The molecule has 0 aliphatic rings.